The first-order valence-corrected chi connectivity index (χ1v) is 6.95. The van der Waals surface area contributed by atoms with E-state index in [1.54, 1.807) is 0 Å². The van der Waals surface area contributed by atoms with Crippen LogP contribution in [-0.2, 0) is 0 Å². The van der Waals surface area contributed by atoms with Gasteiger partial charge in [-0.3, -0.25) is 5.32 Å². The van der Waals surface area contributed by atoms with Gasteiger partial charge < -0.3 is 0 Å². The highest BCUT2D eigenvalue weighted by Crippen LogP contribution is 2.64. The molecule has 104 valence electrons. The molecule has 0 aromatic carbocycles. The molecule has 0 heterocycles. The third-order valence-electron chi connectivity index (χ3n) is 5.98. The van der Waals surface area contributed by atoms with Crippen LogP contribution in [0.2, 0.25) is 0 Å². The van der Waals surface area contributed by atoms with E-state index in [1.165, 1.54) is 6.42 Å². The molecule has 0 aromatic heterocycles. The van der Waals surface area contributed by atoms with Crippen molar-refractivity contribution in [2.24, 2.45) is 16.7 Å². The Morgan fingerprint density at radius 3 is 2.06 bits per heavy atom. The number of rotatable bonds is 2. The standard InChI is InChI=1S/C14H22F3N/c1-11(2)9-4-5-12(3,8-9)10(11)18-13(6-7-13)14(15,16)17/h9-10,18H,4-8H2,1-3H3. The van der Waals surface area contributed by atoms with Crippen LogP contribution in [0.25, 0.3) is 0 Å². The van der Waals surface area contributed by atoms with E-state index < -0.39 is 11.7 Å². The van der Waals surface area contributed by atoms with Gasteiger partial charge in [-0.15, -0.1) is 0 Å². The monoisotopic (exact) mass is 261 g/mol. The van der Waals surface area contributed by atoms with Crippen LogP contribution in [-0.4, -0.2) is 17.8 Å². The minimum Gasteiger partial charge on any atom is -0.300 e. The van der Waals surface area contributed by atoms with Gasteiger partial charge in [0.25, 0.3) is 0 Å². The first kappa shape index (κ1) is 12.8. The maximum absolute atomic E-state index is 13.1. The number of halogens is 3. The summed E-state index contributed by atoms with van der Waals surface area (Å²) >= 11 is 0. The molecule has 0 spiro atoms. The van der Waals surface area contributed by atoms with E-state index in [0.717, 1.165) is 12.8 Å². The second-order valence-electron chi connectivity index (χ2n) is 7.57. The molecule has 3 rings (SSSR count). The van der Waals surface area contributed by atoms with Crippen molar-refractivity contribution in [2.75, 3.05) is 0 Å². The fourth-order valence-corrected chi connectivity index (χ4v) is 4.57. The third kappa shape index (κ3) is 1.50. The number of nitrogens with one attached hydrogen (secondary N) is 1. The normalized spacial score (nSPS) is 44.3. The van der Waals surface area contributed by atoms with Gasteiger partial charge in [-0.2, -0.15) is 13.2 Å². The van der Waals surface area contributed by atoms with Gasteiger partial charge in [0, 0.05) is 6.04 Å². The van der Waals surface area contributed by atoms with Gasteiger partial charge in [0.05, 0.1) is 0 Å². The van der Waals surface area contributed by atoms with Crippen LogP contribution in [0.4, 0.5) is 13.2 Å². The van der Waals surface area contributed by atoms with Gasteiger partial charge >= 0.3 is 6.18 Å². The van der Waals surface area contributed by atoms with E-state index in [-0.39, 0.29) is 29.7 Å². The summed E-state index contributed by atoms with van der Waals surface area (Å²) < 4.78 is 39.3. The van der Waals surface area contributed by atoms with Gasteiger partial charge in [0.2, 0.25) is 0 Å². The largest absolute Gasteiger partial charge is 0.406 e. The van der Waals surface area contributed by atoms with Crippen LogP contribution in [0.5, 0.6) is 0 Å². The Labute approximate surface area is 107 Å². The summed E-state index contributed by atoms with van der Waals surface area (Å²) in [5.74, 6) is 0.587. The molecule has 3 aliphatic carbocycles. The van der Waals surface area contributed by atoms with Crippen LogP contribution >= 0.6 is 0 Å². The highest BCUT2D eigenvalue weighted by Gasteiger charge is 2.68. The van der Waals surface area contributed by atoms with Gasteiger partial charge in [0.15, 0.2) is 0 Å². The van der Waals surface area contributed by atoms with Crippen LogP contribution in [0.3, 0.4) is 0 Å². The molecule has 1 nitrogen and oxygen atoms in total. The topological polar surface area (TPSA) is 12.0 Å². The molecule has 3 aliphatic rings. The maximum Gasteiger partial charge on any atom is 0.406 e. The maximum atomic E-state index is 13.1. The molecule has 3 unspecified atom stereocenters. The summed E-state index contributed by atoms with van der Waals surface area (Å²) in [6.45, 7) is 6.46. The quantitative estimate of drug-likeness (QED) is 0.795. The molecule has 1 N–H and O–H groups in total. The minimum absolute atomic E-state index is 0.00611. The van der Waals surface area contributed by atoms with E-state index in [9.17, 15) is 13.2 Å². The summed E-state index contributed by atoms with van der Waals surface area (Å²) in [6.07, 6.45) is -0.242. The van der Waals surface area contributed by atoms with E-state index in [0.29, 0.717) is 5.92 Å². The molecule has 3 fully saturated rings. The lowest BCUT2D eigenvalue weighted by Gasteiger charge is -2.45. The number of hydrogen-bond donors (Lipinski definition) is 1. The third-order valence-corrected chi connectivity index (χ3v) is 5.98. The lowest BCUT2D eigenvalue weighted by Crippen LogP contribution is -2.58. The fourth-order valence-electron chi connectivity index (χ4n) is 4.57. The van der Waals surface area contributed by atoms with E-state index in [4.69, 9.17) is 0 Å². The Bertz CT molecular complexity index is 365. The lowest BCUT2D eigenvalue weighted by atomic mass is 9.68. The van der Waals surface area contributed by atoms with E-state index in [2.05, 4.69) is 26.1 Å². The molecule has 18 heavy (non-hydrogen) atoms. The molecule has 3 atom stereocenters. The molecule has 3 saturated carbocycles. The number of alkyl halides is 3. The second kappa shape index (κ2) is 3.25. The SMILES string of the molecule is CC12CCC(C1)C(C)(C)C2NC1(C(F)(F)F)CC1. The number of hydrogen-bond acceptors (Lipinski definition) is 1. The molecule has 2 bridgehead atoms. The summed E-state index contributed by atoms with van der Waals surface area (Å²) in [5.41, 5.74) is -1.51. The van der Waals surface area contributed by atoms with Crippen LogP contribution < -0.4 is 5.32 Å². The van der Waals surface area contributed by atoms with Gasteiger partial charge in [0.1, 0.15) is 5.54 Å². The van der Waals surface area contributed by atoms with Gasteiger partial charge in [-0.05, 0) is 48.9 Å². The highest BCUT2D eigenvalue weighted by molar-refractivity contribution is 5.18. The Hall–Kier alpha value is -0.250. The summed E-state index contributed by atoms with van der Waals surface area (Å²) in [4.78, 5) is 0. The summed E-state index contributed by atoms with van der Waals surface area (Å²) in [6, 6.07) is 0.00729. The van der Waals surface area contributed by atoms with E-state index in [1.807, 2.05) is 0 Å². The van der Waals surface area contributed by atoms with Crippen LogP contribution in [0, 0.1) is 16.7 Å². The minimum atomic E-state index is -4.10. The van der Waals surface area contributed by atoms with Gasteiger partial charge in [-0.1, -0.05) is 20.8 Å². The Balaban J connectivity index is 1.85. The van der Waals surface area contributed by atoms with Crippen molar-refractivity contribution in [3.05, 3.63) is 0 Å². The second-order valence-corrected chi connectivity index (χ2v) is 7.57. The predicted molar refractivity (Wildman–Crippen MR) is 64.2 cm³/mol. The molecular weight excluding hydrogens is 239 g/mol. The molecular formula is C14H22F3N. The average molecular weight is 261 g/mol. The first-order valence-electron chi connectivity index (χ1n) is 6.95. The molecule has 0 aromatic rings. The Morgan fingerprint density at radius 2 is 1.67 bits per heavy atom. The van der Waals surface area contributed by atoms with Crippen molar-refractivity contribution in [1.82, 2.24) is 5.32 Å². The molecule has 0 radical (unpaired) electrons. The van der Waals surface area contributed by atoms with Crippen molar-refractivity contribution in [3.8, 4) is 0 Å². The van der Waals surface area contributed by atoms with Crippen molar-refractivity contribution in [2.45, 2.75) is 70.6 Å². The van der Waals surface area contributed by atoms with Gasteiger partial charge in [-0.25, -0.2) is 0 Å². The zero-order valence-corrected chi connectivity index (χ0v) is 11.3. The zero-order chi connectivity index (χ0) is 13.4. The molecule has 0 amide bonds. The highest BCUT2D eigenvalue weighted by atomic mass is 19.4. The van der Waals surface area contributed by atoms with E-state index >= 15 is 0 Å². The predicted octanol–water partition coefficient (Wildman–Crippen LogP) is 3.89. The first-order chi connectivity index (χ1) is 8.11. The Kier molecular flexibility index (Phi) is 2.31. The lowest BCUT2D eigenvalue weighted by molar-refractivity contribution is -0.172. The van der Waals surface area contributed by atoms with Crippen molar-refractivity contribution >= 4 is 0 Å². The smallest absolute Gasteiger partial charge is 0.300 e. The molecule has 4 heteroatoms. The van der Waals surface area contributed by atoms with Crippen molar-refractivity contribution in [3.63, 3.8) is 0 Å². The molecule has 0 saturated heterocycles. The summed E-state index contributed by atoms with van der Waals surface area (Å²) in [7, 11) is 0. The van der Waals surface area contributed by atoms with Crippen molar-refractivity contribution < 1.29 is 13.2 Å². The average Bonchev–Trinajstić information content (AvgIpc) is 2.87. The molecule has 0 aliphatic heterocycles. The number of fused-ring (bicyclic) bond motifs is 2. The summed E-state index contributed by atoms with van der Waals surface area (Å²) in [5, 5.41) is 3.04. The Morgan fingerprint density at radius 1 is 1.06 bits per heavy atom. The van der Waals surface area contributed by atoms with Crippen LogP contribution in [0.15, 0.2) is 0 Å². The fraction of sp³-hybridized carbons (Fsp3) is 1.00. The zero-order valence-electron chi connectivity index (χ0n) is 11.3. The van der Waals surface area contributed by atoms with Crippen LogP contribution in [0.1, 0.15) is 52.9 Å². The van der Waals surface area contributed by atoms with Crippen molar-refractivity contribution in [1.29, 1.82) is 0 Å².